The van der Waals surface area contributed by atoms with Gasteiger partial charge in [-0.3, -0.25) is 0 Å². The van der Waals surface area contributed by atoms with Crippen molar-refractivity contribution in [3.8, 4) is 5.75 Å². The van der Waals surface area contributed by atoms with Crippen LogP contribution in [0.25, 0.3) is 0 Å². The molecule has 0 heterocycles. The van der Waals surface area contributed by atoms with Crippen LogP contribution in [0.1, 0.15) is 46.0 Å². The van der Waals surface area contributed by atoms with Crippen LogP contribution in [0, 0.1) is 0 Å². The van der Waals surface area contributed by atoms with Gasteiger partial charge < -0.3 is 10.5 Å². The molecular formula is C14H22BrNO. The van der Waals surface area contributed by atoms with Gasteiger partial charge in [-0.25, -0.2) is 0 Å². The summed E-state index contributed by atoms with van der Waals surface area (Å²) in [7, 11) is 0. The largest absolute Gasteiger partial charge is 0.489 e. The van der Waals surface area contributed by atoms with E-state index in [1.165, 1.54) is 25.7 Å². The third kappa shape index (κ3) is 5.44. The van der Waals surface area contributed by atoms with Crippen LogP contribution in [0.5, 0.6) is 5.75 Å². The molecule has 1 atom stereocenters. The van der Waals surface area contributed by atoms with Crippen molar-refractivity contribution in [3.05, 3.63) is 22.7 Å². The van der Waals surface area contributed by atoms with E-state index in [0.29, 0.717) is 5.69 Å². The molecule has 0 aliphatic carbocycles. The van der Waals surface area contributed by atoms with Crippen molar-refractivity contribution >= 4 is 21.6 Å². The highest BCUT2D eigenvalue weighted by atomic mass is 79.9. The highest BCUT2D eigenvalue weighted by molar-refractivity contribution is 9.10. The van der Waals surface area contributed by atoms with E-state index in [1.54, 1.807) is 0 Å². The second-order valence-electron chi connectivity index (χ2n) is 4.46. The van der Waals surface area contributed by atoms with Crippen LogP contribution in [0.4, 0.5) is 5.69 Å². The van der Waals surface area contributed by atoms with Crippen LogP contribution < -0.4 is 10.5 Å². The zero-order chi connectivity index (χ0) is 12.7. The van der Waals surface area contributed by atoms with Crippen LogP contribution in [-0.2, 0) is 0 Å². The fraction of sp³-hybridized carbons (Fsp3) is 0.571. The highest BCUT2D eigenvalue weighted by Gasteiger charge is 2.07. The molecule has 1 unspecified atom stereocenters. The van der Waals surface area contributed by atoms with Gasteiger partial charge in [-0.15, -0.1) is 0 Å². The Morgan fingerprint density at radius 2 is 2.06 bits per heavy atom. The first-order chi connectivity index (χ1) is 8.13. The van der Waals surface area contributed by atoms with Gasteiger partial charge in [0, 0.05) is 4.47 Å². The van der Waals surface area contributed by atoms with E-state index < -0.39 is 0 Å². The maximum atomic E-state index is 5.87. The van der Waals surface area contributed by atoms with Crippen LogP contribution in [0.15, 0.2) is 22.7 Å². The summed E-state index contributed by atoms with van der Waals surface area (Å²) in [6.45, 7) is 4.33. The van der Waals surface area contributed by atoms with E-state index >= 15 is 0 Å². The van der Waals surface area contributed by atoms with Gasteiger partial charge in [0.1, 0.15) is 5.75 Å². The van der Waals surface area contributed by atoms with Gasteiger partial charge in [0.05, 0.1) is 11.8 Å². The topological polar surface area (TPSA) is 35.2 Å². The third-order valence-corrected chi connectivity index (χ3v) is 3.26. The molecule has 0 saturated heterocycles. The molecule has 2 N–H and O–H groups in total. The van der Waals surface area contributed by atoms with Crippen LogP contribution in [0.2, 0.25) is 0 Å². The van der Waals surface area contributed by atoms with E-state index in [9.17, 15) is 0 Å². The summed E-state index contributed by atoms with van der Waals surface area (Å²) in [5.41, 5.74) is 6.57. The number of anilines is 1. The average molecular weight is 300 g/mol. The minimum absolute atomic E-state index is 0.225. The lowest BCUT2D eigenvalue weighted by molar-refractivity contribution is 0.207. The van der Waals surface area contributed by atoms with Gasteiger partial charge in [-0.1, -0.05) is 42.1 Å². The van der Waals surface area contributed by atoms with Crippen molar-refractivity contribution < 1.29 is 4.74 Å². The molecule has 0 radical (unpaired) electrons. The predicted molar refractivity (Wildman–Crippen MR) is 77.4 cm³/mol. The van der Waals surface area contributed by atoms with Gasteiger partial charge in [0.25, 0.3) is 0 Å². The van der Waals surface area contributed by atoms with E-state index in [1.807, 2.05) is 18.2 Å². The van der Waals surface area contributed by atoms with E-state index in [4.69, 9.17) is 10.5 Å². The van der Waals surface area contributed by atoms with Crippen molar-refractivity contribution in [2.45, 2.75) is 52.1 Å². The van der Waals surface area contributed by atoms with Crippen molar-refractivity contribution in [1.82, 2.24) is 0 Å². The fourth-order valence-electron chi connectivity index (χ4n) is 1.74. The normalized spacial score (nSPS) is 12.4. The number of benzene rings is 1. The maximum absolute atomic E-state index is 5.87. The monoisotopic (exact) mass is 299 g/mol. The number of hydrogen-bond acceptors (Lipinski definition) is 2. The number of ether oxygens (including phenoxy) is 1. The van der Waals surface area contributed by atoms with Crippen molar-refractivity contribution in [2.75, 3.05) is 5.73 Å². The molecule has 1 rings (SSSR count). The van der Waals surface area contributed by atoms with E-state index in [2.05, 4.69) is 29.8 Å². The van der Waals surface area contributed by atoms with Gasteiger partial charge in [-0.05, 0) is 38.0 Å². The Morgan fingerprint density at radius 1 is 1.29 bits per heavy atom. The molecule has 0 aromatic heterocycles. The van der Waals surface area contributed by atoms with Crippen LogP contribution >= 0.6 is 15.9 Å². The summed E-state index contributed by atoms with van der Waals surface area (Å²) in [4.78, 5) is 0. The molecule has 96 valence electrons. The SMILES string of the molecule is CCCCCCC(C)Oc1cc(Br)ccc1N. The molecule has 0 spiro atoms. The lowest BCUT2D eigenvalue weighted by Gasteiger charge is -2.16. The smallest absolute Gasteiger partial charge is 0.143 e. The lowest BCUT2D eigenvalue weighted by Crippen LogP contribution is -2.12. The first kappa shape index (κ1) is 14.4. The number of rotatable bonds is 7. The molecular weight excluding hydrogens is 278 g/mol. The number of hydrogen-bond donors (Lipinski definition) is 1. The Balaban J connectivity index is 2.39. The molecule has 0 bridgehead atoms. The van der Waals surface area contributed by atoms with Crippen molar-refractivity contribution in [2.24, 2.45) is 0 Å². The summed E-state index contributed by atoms with van der Waals surface area (Å²) >= 11 is 3.42. The van der Waals surface area contributed by atoms with E-state index in [-0.39, 0.29) is 6.10 Å². The Labute approximate surface area is 113 Å². The molecule has 0 fully saturated rings. The van der Waals surface area contributed by atoms with Gasteiger partial charge in [0.2, 0.25) is 0 Å². The first-order valence-electron chi connectivity index (χ1n) is 6.35. The van der Waals surface area contributed by atoms with Gasteiger partial charge in [0.15, 0.2) is 0 Å². The summed E-state index contributed by atoms with van der Waals surface area (Å²) in [5, 5.41) is 0. The van der Waals surface area contributed by atoms with Crippen molar-refractivity contribution in [1.29, 1.82) is 0 Å². The summed E-state index contributed by atoms with van der Waals surface area (Å²) in [5.74, 6) is 0.780. The minimum Gasteiger partial charge on any atom is -0.489 e. The molecule has 1 aromatic rings. The summed E-state index contributed by atoms with van der Waals surface area (Å²) < 4.78 is 6.85. The molecule has 0 amide bonds. The number of nitrogen functional groups attached to an aromatic ring is 1. The average Bonchev–Trinajstić information content (AvgIpc) is 2.29. The Kier molecular flexibility index (Phi) is 6.41. The lowest BCUT2D eigenvalue weighted by atomic mass is 10.1. The molecule has 3 heteroatoms. The van der Waals surface area contributed by atoms with Gasteiger partial charge in [-0.2, -0.15) is 0 Å². The molecule has 0 saturated carbocycles. The summed E-state index contributed by atoms with van der Waals surface area (Å²) in [6, 6.07) is 5.72. The van der Waals surface area contributed by atoms with Crippen molar-refractivity contribution in [3.63, 3.8) is 0 Å². The number of unbranched alkanes of at least 4 members (excludes halogenated alkanes) is 3. The Bertz CT molecular complexity index is 341. The Hall–Kier alpha value is -0.700. The fourth-order valence-corrected chi connectivity index (χ4v) is 2.08. The highest BCUT2D eigenvalue weighted by Crippen LogP contribution is 2.27. The van der Waals surface area contributed by atoms with E-state index in [0.717, 1.165) is 16.6 Å². The minimum atomic E-state index is 0.225. The number of nitrogens with two attached hydrogens (primary N) is 1. The first-order valence-corrected chi connectivity index (χ1v) is 7.14. The third-order valence-electron chi connectivity index (χ3n) is 2.77. The zero-order valence-corrected chi connectivity index (χ0v) is 12.3. The summed E-state index contributed by atoms with van der Waals surface area (Å²) in [6.07, 6.45) is 6.41. The maximum Gasteiger partial charge on any atom is 0.143 e. The Morgan fingerprint density at radius 3 is 2.76 bits per heavy atom. The van der Waals surface area contributed by atoms with Gasteiger partial charge >= 0.3 is 0 Å². The standard InChI is InChI=1S/C14H22BrNO/c1-3-4-5-6-7-11(2)17-14-10-12(15)8-9-13(14)16/h8-11H,3-7,16H2,1-2H3. The molecule has 17 heavy (non-hydrogen) atoms. The second-order valence-corrected chi connectivity index (χ2v) is 5.38. The van der Waals surface area contributed by atoms with Crippen LogP contribution in [0.3, 0.4) is 0 Å². The molecule has 0 aliphatic heterocycles. The molecule has 2 nitrogen and oxygen atoms in total. The second kappa shape index (κ2) is 7.59. The van der Waals surface area contributed by atoms with Crippen LogP contribution in [-0.4, -0.2) is 6.10 Å². The zero-order valence-electron chi connectivity index (χ0n) is 10.7. The predicted octanol–water partition coefficient (Wildman–Crippen LogP) is 4.77. The quantitative estimate of drug-likeness (QED) is 0.581. The molecule has 0 aliphatic rings. The molecule has 1 aromatic carbocycles. The number of halogens is 1.